The SMILES string of the molecule is CC(=O)C(C)(C)C1CCC(O)CC1.CC(=O)C(C)(C)[C@@H]1CCCC[C@H]1O.CC(=O)C(C)(C)[C@@H]1CCC[C@H](O)C1.CC(=O)NC1CCC(C(C)(C)C(C)=O)CC1.CC(=O)N[C@H]1CCC[C@@H](C(C)(C)C(C)=O)C1.COC1CCC(C(C)(C)C(C)=O)CC1.COC1CCC(C(C)(C)C(C)=O)CC1. The van der Waals surface area contributed by atoms with Crippen LogP contribution in [0.15, 0.2) is 0 Å². The van der Waals surface area contributed by atoms with Gasteiger partial charge < -0.3 is 35.4 Å². The number of hydrogen-bond acceptors (Lipinski definition) is 14. The van der Waals surface area contributed by atoms with E-state index in [4.69, 9.17) is 9.47 Å². The average molecular weight is 1400 g/mol. The molecule has 16 heteroatoms. The first kappa shape index (κ1) is 93.4. The van der Waals surface area contributed by atoms with Gasteiger partial charge in [-0.2, -0.15) is 0 Å². The van der Waals surface area contributed by atoms with E-state index < -0.39 is 0 Å². The van der Waals surface area contributed by atoms with E-state index in [1.807, 2.05) is 69.2 Å². The molecule has 0 spiro atoms. The Balaban J connectivity index is 0.000000578. The Kier molecular flexibility index (Phi) is 40.0. The van der Waals surface area contributed by atoms with E-state index in [1.165, 1.54) is 0 Å². The molecule has 99 heavy (non-hydrogen) atoms. The van der Waals surface area contributed by atoms with E-state index in [0.29, 0.717) is 65.3 Å². The van der Waals surface area contributed by atoms with Gasteiger partial charge in [-0.3, -0.25) is 43.2 Å². The molecule has 7 fully saturated rings. The van der Waals surface area contributed by atoms with Crippen LogP contribution in [0, 0.1) is 79.3 Å². The fourth-order valence-electron chi connectivity index (χ4n) is 16.1. The summed E-state index contributed by atoms with van der Waals surface area (Å²) in [5.74, 6) is 4.91. The van der Waals surface area contributed by atoms with Gasteiger partial charge in [0.05, 0.1) is 30.5 Å². The van der Waals surface area contributed by atoms with Crippen molar-refractivity contribution in [2.24, 2.45) is 79.3 Å². The maximum absolute atomic E-state index is 11.6. The van der Waals surface area contributed by atoms with Gasteiger partial charge in [0.15, 0.2) is 0 Å². The van der Waals surface area contributed by atoms with Crippen molar-refractivity contribution >= 4 is 52.3 Å². The standard InChI is InChI=1S/2C13H23NO2.2C12H22O2.3C11H20O2/c1-9(15)13(3,4)11-5-7-12(8-6-11)14-10(2)16;1-9(15)13(3,4)11-6-5-7-12(8-11)14-10(2)16;2*1-9(13)12(2,3)10-5-7-11(14-4)8-6-10;1-8(12)11(2,3)9-4-6-10(13)7-5-9;1-8(12)11(2,3)9-5-4-6-10(13)7-9;1-8(12)11(2,3)9-6-4-5-7-10(9)13/h2*11-12H,5-8H2,1-4H3,(H,14,16);2*10-11H,5-8H2,1-4H3;3*9-10,13H,4-7H2,1-3H3/t;11-,12+;;;;9-,10+;9-,10-/m.1...11/s1. The van der Waals surface area contributed by atoms with Crippen molar-refractivity contribution in [2.45, 2.75) is 382 Å². The van der Waals surface area contributed by atoms with Crippen LogP contribution in [-0.2, 0) is 52.6 Å². The van der Waals surface area contributed by atoms with Gasteiger partial charge in [-0.25, -0.2) is 0 Å². The third-order valence-electron chi connectivity index (χ3n) is 26.7. The number of aliphatic hydroxyl groups excluding tert-OH is 3. The fraction of sp³-hybridized carbons (Fsp3) is 0.892. The lowest BCUT2D eigenvalue weighted by atomic mass is 9.68. The van der Waals surface area contributed by atoms with Gasteiger partial charge in [0.1, 0.15) is 40.5 Å². The number of carbonyl (C=O) groups is 9. The third kappa shape index (κ3) is 30.2. The highest BCUT2D eigenvalue weighted by molar-refractivity contribution is 5.84. The summed E-state index contributed by atoms with van der Waals surface area (Å²) < 4.78 is 10.7. The second-order valence-electron chi connectivity index (χ2n) is 35.4. The van der Waals surface area contributed by atoms with Gasteiger partial charge in [0, 0.05) is 78.1 Å². The molecule has 2 amide bonds. The quantitative estimate of drug-likeness (QED) is 0.0855. The second kappa shape index (κ2) is 42.4. The van der Waals surface area contributed by atoms with Crippen molar-refractivity contribution in [2.75, 3.05) is 14.2 Å². The molecule has 0 radical (unpaired) electrons. The molecule has 16 nitrogen and oxygen atoms in total. The number of ether oxygens (including phenoxy) is 2. The number of aliphatic hydroxyl groups is 3. The number of ketones is 7. The van der Waals surface area contributed by atoms with Crippen LogP contribution in [0.5, 0.6) is 0 Å². The van der Waals surface area contributed by atoms with Crippen LogP contribution in [0.3, 0.4) is 0 Å². The molecule has 0 aliphatic heterocycles. The normalized spacial score (nSPS) is 28.5. The van der Waals surface area contributed by atoms with Crippen LogP contribution in [0.1, 0.15) is 339 Å². The highest BCUT2D eigenvalue weighted by Crippen LogP contribution is 2.45. The van der Waals surface area contributed by atoms with Gasteiger partial charge in [-0.05, 0) is 244 Å². The summed E-state index contributed by atoms with van der Waals surface area (Å²) in [4.78, 5) is 102. The molecule has 576 valence electrons. The number of hydrogen-bond donors (Lipinski definition) is 5. The first-order chi connectivity index (χ1) is 45.5. The predicted octanol–water partition coefficient (Wildman–Crippen LogP) is 16.7. The molecule has 0 aromatic rings. The maximum Gasteiger partial charge on any atom is 0.217 e. The van der Waals surface area contributed by atoms with E-state index in [2.05, 4.69) is 38.3 Å². The van der Waals surface area contributed by atoms with Crippen LogP contribution in [0.4, 0.5) is 0 Å². The first-order valence-electron chi connectivity index (χ1n) is 38.7. The Morgan fingerprint density at radius 2 is 0.566 bits per heavy atom. The molecule has 0 heterocycles. The van der Waals surface area contributed by atoms with Crippen molar-refractivity contribution in [3.8, 4) is 0 Å². The lowest BCUT2D eigenvalue weighted by Crippen LogP contribution is -2.42. The van der Waals surface area contributed by atoms with E-state index in [9.17, 15) is 58.5 Å². The van der Waals surface area contributed by atoms with Crippen LogP contribution in [0.25, 0.3) is 0 Å². The van der Waals surface area contributed by atoms with Crippen molar-refractivity contribution in [1.82, 2.24) is 10.6 Å². The number of amides is 2. The number of rotatable bonds is 18. The molecule has 7 aliphatic carbocycles. The summed E-state index contributed by atoms with van der Waals surface area (Å²) in [6.45, 7) is 43.2. The second-order valence-corrected chi connectivity index (χ2v) is 35.4. The molecule has 6 atom stereocenters. The monoisotopic (exact) mass is 1400 g/mol. The molecule has 7 saturated carbocycles. The molecule has 7 rings (SSSR count). The van der Waals surface area contributed by atoms with Crippen LogP contribution < -0.4 is 10.6 Å². The summed E-state index contributed by atoms with van der Waals surface area (Å²) in [5.41, 5.74) is -1.53. The maximum atomic E-state index is 11.6. The highest BCUT2D eigenvalue weighted by atomic mass is 16.5. The zero-order chi connectivity index (χ0) is 76.4. The van der Waals surface area contributed by atoms with Gasteiger partial charge >= 0.3 is 0 Å². The predicted molar refractivity (Wildman–Crippen MR) is 400 cm³/mol. The number of nitrogens with one attached hydrogen (secondary N) is 2. The summed E-state index contributed by atoms with van der Waals surface area (Å²) in [5, 5.41) is 34.6. The summed E-state index contributed by atoms with van der Waals surface area (Å²) >= 11 is 0. The van der Waals surface area contributed by atoms with Crippen molar-refractivity contribution in [3.05, 3.63) is 0 Å². The minimum atomic E-state index is -0.347. The molecule has 7 aliphatic rings. The van der Waals surface area contributed by atoms with Gasteiger partial charge in [-0.15, -0.1) is 0 Å². The highest BCUT2D eigenvalue weighted by Gasteiger charge is 2.43. The van der Waals surface area contributed by atoms with Gasteiger partial charge in [-0.1, -0.05) is 123 Å². The molecule has 0 saturated heterocycles. The van der Waals surface area contributed by atoms with Crippen LogP contribution in [0.2, 0.25) is 0 Å². The van der Waals surface area contributed by atoms with E-state index in [-0.39, 0.29) is 109 Å². The lowest BCUT2D eigenvalue weighted by molar-refractivity contribution is -0.132. The van der Waals surface area contributed by atoms with E-state index in [1.54, 1.807) is 76.5 Å². The summed E-state index contributed by atoms with van der Waals surface area (Å²) in [6.07, 6.45) is 29.2. The van der Waals surface area contributed by atoms with Gasteiger partial charge in [0.25, 0.3) is 0 Å². The lowest BCUT2D eigenvalue weighted by Gasteiger charge is -2.38. The molecular weight excluding hydrogens is 1250 g/mol. The van der Waals surface area contributed by atoms with Gasteiger partial charge in [0.2, 0.25) is 11.8 Å². The van der Waals surface area contributed by atoms with E-state index >= 15 is 0 Å². The minimum absolute atomic E-state index is 0.0336. The first-order valence-corrected chi connectivity index (χ1v) is 38.7. The molecule has 0 unspecified atom stereocenters. The smallest absolute Gasteiger partial charge is 0.217 e. The molecule has 0 aromatic carbocycles. The van der Waals surface area contributed by atoms with E-state index in [0.717, 1.165) is 180 Å². The molecule has 0 bridgehead atoms. The van der Waals surface area contributed by atoms with Crippen LogP contribution >= 0.6 is 0 Å². The summed E-state index contributed by atoms with van der Waals surface area (Å²) in [6, 6.07) is 0.575. The topological polar surface area (TPSA) is 257 Å². The molecule has 0 aromatic heterocycles. The zero-order valence-corrected chi connectivity index (χ0v) is 67.7. The zero-order valence-electron chi connectivity index (χ0n) is 67.7. The van der Waals surface area contributed by atoms with Crippen molar-refractivity contribution < 1.29 is 67.9 Å². The van der Waals surface area contributed by atoms with Crippen LogP contribution in [-0.4, -0.2) is 124 Å². The number of Topliss-reactive ketones (excluding diaryl/α,β-unsaturated/α-hetero) is 7. The Morgan fingerprint density at radius 3 is 0.869 bits per heavy atom. The number of methoxy groups -OCH3 is 2. The Labute approximate surface area is 603 Å². The Morgan fingerprint density at radius 1 is 0.283 bits per heavy atom. The summed E-state index contributed by atoms with van der Waals surface area (Å²) in [7, 11) is 3.56. The molecular formula is C83H150N2O14. The number of carbonyl (C=O) groups excluding carboxylic acids is 9. The van der Waals surface area contributed by atoms with Crippen molar-refractivity contribution in [1.29, 1.82) is 0 Å². The fourth-order valence-corrected chi connectivity index (χ4v) is 16.1. The Bertz CT molecular complexity index is 2450. The minimum Gasteiger partial charge on any atom is -0.393 e. The van der Waals surface area contributed by atoms with Crippen molar-refractivity contribution in [3.63, 3.8) is 0 Å². The Hall–Kier alpha value is -3.57. The average Bonchev–Trinajstić information content (AvgIpc) is 0.870. The largest absolute Gasteiger partial charge is 0.393 e. The third-order valence-corrected chi connectivity index (χ3v) is 26.7. The molecule has 5 N–H and O–H groups in total.